The Balaban J connectivity index is 2.62. The normalized spacial score (nSPS) is 12.5. The molecule has 1 aromatic rings. The number of thioether (sulfide) groups is 1. The van der Waals surface area contributed by atoms with Crippen molar-refractivity contribution >= 4 is 41.1 Å². The molecule has 21 heavy (non-hydrogen) atoms. The van der Waals surface area contributed by atoms with Gasteiger partial charge in [0.05, 0.1) is 4.88 Å². The molecule has 6 heteroatoms. The lowest BCUT2D eigenvalue weighted by molar-refractivity contribution is -0.131. The highest BCUT2D eigenvalue weighted by Gasteiger charge is 2.13. The minimum atomic E-state index is -0.990. The monoisotopic (exact) mass is 327 g/mol. The van der Waals surface area contributed by atoms with E-state index in [0.717, 1.165) is 34.4 Å². The van der Waals surface area contributed by atoms with Gasteiger partial charge in [-0.05, 0) is 49.5 Å². The molecule has 1 unspecified atom stereocenters. The van der Waals surface area contributed by atoms with Crippen molar-refractivity contribution in [1.82, 2.24) is 5.32 Å². The summed E-state index contributed by atoms with van der Waals surface area (Å²) in [5.41, 5.74) is 0.914. The summed E-state index contributed by atoms with van der Waals surface area (Å²) in [6.45, 7) is 5.99. The van der Waals surface area contributed by atoms with E-state index in [9.17, 15) is 9.59 Å². The third kappa shape index (κ3) is 6.35. The second-order valence-electron chi connectivity index (χ2n) is 4.69. The SMILES string of the molecule is CCSCCC(C)NC(=O)c1cc(C)c(/C=C/C(=O)O)s1. The topological polar surface area (TPSA) is 66.4 Å². The fraction of sp³-hybridized carbons (Fsp3) is 0.467. The van der Waals surface area contributed by atoms with Gasteiger partial charge in [0.1, 0.15) is 0 Å². The van der Waals surface area contributed by atoms with Crippen LogP contribution in [0.1, 0.15) is 40.4 Å². The molecule has 1 heterocycles. The summed E-state index contributed by atoms with van der Waals surface area (Å²) in [4.78, 5) is 24.1. The Labute approximate surface area is 133 Å². The van der Waals surface area contributed by atoms with Gasteiger partial charge in [-0.2, -0.15) is 11.8 Å². The maximum Gasteiger partial charge on any atom is 0.328 e. The summed E-state index contributed by atoms with van der Waals surface area (Å²) in [6, 6.07) is 1.94. The Morgan fingerprint density at radius 1 is 1.52 bits per heavy atom. The van der Waals surface area contributed by atoms with Crippen molar-refractivity contribution in [2.24, 2.45) is 0 Å². The zero-order valence-corrected chi connectivity index (χ0v) is 14.1. The van der Waals surface area contributed by atoms with Crippen LogP contribution in [0.2, 0.25) is 0 Å². The Morgan fingerprint density at radius 3 is 2.86 bits per heavy atom. The van der Waals surface area contributed by atoms with Crippen LogP contribution in [0.4, 0.5) is 0 Å². The average molecular weight is 327 g/mol. The lowest BCUT2D eigenvalue weighted by atomic mass is 10.2. The molecule has 1 aromatic heterocycles. The van der Waals surface area contributed by atoms with Gasteiger partial charge in [0, 0.05) is 17.0 Å². The second kappa shape index (κ2) is 8.89. The fourth-order valence-corrected chi connectivity index (χ4v) is 3.48. The van der Waals surface area contributed by atoms with Gasteiger partial charge >= 0.3 is 5.97 Å². The zero-order valence-electron chi connectivity index (χ0n) is 12.5. The molecule has 0 saturated carbocycles. The van der Waals surface area contributed by atoms with Gasteiger partial charge in [-0.3, -0.25) is 4.79 Å². The lowest BCUT2D eigenvalue weighted by Gasteiger charge is -2.12. The first kappa shape index (κ1) is 17.8. The number of rotatable bonds is 8. The van der Waals surface area contributed by atoms with E-state index < -0.39 is 5.97 Å². The number of amides is 1. The van der Waals surface area contributed by atoms with E-state index in [2.05, 4.69) is 12.2 Å². The van der Waals surface area contributed by atoms with E-state index in [1.807, 2.05) is 25.6 Å². The average Bonchev–Trinajstić information content (AvgIpc) is 2.78. The molecule has 116 valence electrons. The molecule has 0 spiro atoms. The number of nitrogens with one attached hydrogen (secondary N) is 1. The van der Waals surface area contributed by atoms with Crippen LogP contribution in [0.5, 0.6) is 0 Å². The van der Waals surface area contributed by atoms with E-state index in [-0.39, 0.29) is 11.9 Å². The van der Waals surface area contributed by atoms with Crippen LogP contribution in [0, 0.1) is 6.92 Å². The van der Waals surface area contributed by atoms with Crippen molar-refractivity contribution in [2.75, 3.05) is 11.5 Å². The van der Waals surface area contributed by atoms with Crippen molar-refractivity contribution in [2.45, 2.75) is 33.2 Å². The van der Waals surface area contributed by atoms with E-state index in [1.165, 1.54) is 17.4 Å². The summed E-state index contributed by atoms with van der Waals surface area (Å²) in [6.07, 6.45) is 3.56. The largest absolute Gasteiger partial charge is 0.478 e. The molecule has 0 aliphatic heterocycles. The van der Waals surface area contributed by atoms with Crippen molar-refractivity contribution in [3.63, 3.8) is 0 Å². The molecular weight excluding hydrogens is 306 g/mol. The summed E-state index contributed by atoms with van der Waals surface area (Å²) in [7, 11) is 0. The van der Waals surface area contributed by atoms with Gasteiger partial charge in [0.15, 0.2) is 0 Å². The summed E-state index contributed by atoms with van der Waals surface area (Å²) < 4.78 is 0. The van der Waals surface area contributed by atoms with E-state index in [0.29, 0.717) is 4.88 Å². The minimum absolute atomic E-state index is 0.0907. The van der Waals surface area contributed by atoms with Gasteiger partial charge in [0.25, 0.3) is 5.91 Å². The predicted molar refractivity (Wildman–Crippen MR) is 90.3 cm³/mol. The lowest BCUT2D eigenvalue weighted by Crippen LogP contribution is -2.32. The van der Waals surface area contributed by atoms with Crippen LogP contribution < -0.4 is 5.32 Å². The standard InChI is InChI=1S/C15H21NO3S2/c1-4-20-8-7-11(3)16-15(19)13-9-10(2)12(21-13)5-6-14(17)18/h5-6,9,11H,4,7-8H2,1-3H3,(H,16,19)(H,17,18)/b6-5+. The third-order valence-electron chi connectivity index (χ3n) is 2.83. The molecule has 0 fully saturated rings. The molecule has 0 aromatic carbocycles. The highest BCUT2D eigenvalue weighted by atomic mass is 32.2. The van der Waals surface area contributed by atoms with Gasteiger partial charge in [0.2, 0.25) is 0 Å². The molecule has 0 aliphatic carbocycles. The smallest absolute Gasteiger partial charge is 0.328 e. The Kier molecular flexibility index (Phi) is 7.53. The van der Waals surface area contributed by atoms with Gasteiger partial charge in [-0.25, -0.2) is 4.79 Å². The number of hydrogen-bond acceptors (Lipinski definition) is 4. The van der Waals surface area contributed by atoms with Crippen molar-refractivity contribution in [3.8, 4) is 0 Å². The Morgan fingerprint density at radius 2 is 2.24 bits per heavy atom. The highest BCUT2D eigenvalue weighted by molar-refractivity contribution is 7.99. The van der Waals surface area contributed by atoms with Crippen LogP contribution in [0.25, 0.3) is 6.08 Å². The highest BCUT2D eigenvalue weighted by Crippen LogP contribution is 2.23. The molecule has 0 aliphatic rings. The molecule has 2 N–H and O–H groups in total. The first-order chi connectivity index (χ1) is 9.93. The quantitative estimate of drug-likeness (QED) is 0.567. The van der Waals surface area contributed by atoms with Crippen molar-refractivity contribution in [1.29, 1.82) is 0 Å². The number of carboxylic acid groups (broad SMARTS) is 1. The molecule has 1 amide bonds. The molecule has 0 bridgehead atoms. The van der Waals surface area contributed by atoms with E-state index >= 15 is 0 Å². The first-order valence-corrected chi connectivity index (χ1v) is 8.81. The Bertz CT molecular complexity index is 523. The first-order valence-electron chi connectivity index (χ1n) is 6.84. The minimum Gasteiger partial charge on any atom is -0.478 e. The molecule has 4 nitrogen and oxygen atoms in total. The van der Waals surface area contributed by atoms with Crippen LogP contribution in [-0.4, -0.2) is 34.5 Å². The molecule has 0 radical (unpaired) electrons. The zero-order chi connectivity index (χ0) is 15.8. The van der Waals surface area contributed by atoms with Gasteiger partial charge < -0.3 is 10.4 Å². The Hall–Kier alpha value is -1.27. The number of carbonyl (C=O) groups is 2. The van der Waals surface area contributed by atoms with Crippen LogP contribution >= 0.6 is 23.1 Å². The molecule has 0 saturated heterocycles. The summed E-state index contributed by atoms with van der Waals surface area (Å²) >= 11 is 3.17. The number of carboxylic acids is 1. The number of aryl methyl sites for hydroxylation is 1. The molecule has 1 atom stereocenters. The van der Waals surface area contributed by atoms with Gasteiger partial charge in [-0.1, -0.05) is 6.92 Å². The number of carbonyl (C=O) groups excluding carboxylic acids is 1. The predicted octanol–water partition coefficient (Wildman–Crippen LogP) is 3.42. The van der Waals surface area contributed by atoms with Gasteiger partial charge in [-0.15, -0.1) is 11.3 Å². The number of thiophene rings is 1. The van der Waals surface area contributed by atoms with Crippen LogP contribution in [0.15, 0.2) is 12.1 Å². The number of aliphatic carboxylic acids is 1. The van der Waals surface area contributed by atoms with E-state index in [1.54, 1.807) is 6.07 Å². The van der Waals surface area contributed by atoms with Crippen LogP contribution in [-0.2, 0) is 4.79 Å². The van der Waals surface area contributed by atoms with Crippen molar-refractivity contribution < 1.29 is 14.7 Å². The van der Waals surface area contributed by atoms with Crippen LogP contribution in [0.3, 0.4) is 0 Å². The number of hydrogen-bond donors (Lipinski definition) is 2. The summed E-state index contributed by atoms with van der Waals surface area (Å²) in [5.74, 6) is 1.04. The molecular formula is C15H21NO3S2. The molecule has 1 rings (SSSR count). The third-order valence-corrected chi connectivity index (χ3v) is 4.97. The fourth-order valence-electron chi connectivity index (χ4n) is 1.69. The summed E-state index contributed by atoms with van der Waals surface area (Å²) in [5, 5.41) is 11.6. The second-order valence-corrected chi connectivity index (χ2v) is 7.17. The maximum atomic E-state index is 12.1. The van der Waals surface area contributed by atoms with E-state index in [4.69, 9.17) is 5.11 Å². The van der Waals surface area contributed by atoms with Crippen molar-refractivity contribution in [3.05, 3.63) is 27.5 Å². The maximum absolute atomic E-state index is 12.1.